The zero-order valence-corrected chi connectivity index (χ0v) is 19.5. The number of carbonyl (C=O) groups excluding carboxylic acids is 1. The first-order valence-electron chi connectivity index (χ1n) is 11.7. The van der Waals surface area contributed by atoms with Crippen LogP contribution in [0.1, 0.15) is 57.8 Å². The van der Waals surface area contributed by atoms with Crippen molar-refractivity contribution >= 4 is 21.4 Å². The molecule has 1 amide bonds. The van der Waals surface area contributed by atoms with E-state index in [1.165, 1.54) is 12.1 Å². The number of rotatable bonds is 6. The molecule has 10 heteroatoms. The minimum atomic E-state index is -4.06. The summed E-state index contributed by atoms with van der Waals surface area (Å²) in [4.78, 5) is 12.8. The van der Waals surface area contributed by atoms with Gasteiger partial charge in [-0.05, 0) is 93.6 Å². The van der Waals surface area contributed by atoms with Crippen LogP contribution in [-0.4, -0.2) is 49.8 Å². The highest BCUT2D eigenvalue weighted by Gasteiger charge is 2.60. The minimum Gasteiger partial charge on any atom is -0.385 e. The fraction of sp³-hybridized carbons (Fsp3) is 0.696. The smallest absolute Gasteiger partial charge is 0.265 e. The van der Waals surface area contributed by atoms with Gasteiger partial charge in [-0.1, -0.05) is 0 Å². The van der Waals surface area contributed by atoms with Gasteiger partial charge in [-0.15, -0.1) is 0 Å². The Labute approximate surface area is 193 Å². The summed E-state index contributed by atoms with van der Waals surface area (Å²) in [5.41, 5.74) is 2.10. The number of sulfone groups is 1. The molecule has 2 saturated carbocycles. The lowest BCUT2D eigenvalue weighted by Gasteiger charge is -2.36. The lowest BCUT2D eigenvalue weighted by molar-refractivity contribution is -0.132. The van der Waals surface area contributed by atoms with Gasteiger partial charge in [0, 0.05) is 25.1 Å². The highest BCUT2D eigenvalue weighted by molar-refractivity contribution is 7.93. The average molecular weight is 486 g/mol. The highest BCUT2D eigenvalue weighted by atomic mass is 32.2. The Morgan fingerprint density at radius 1 is 1.03 bits per heavy atom. The second-order valence-electron chi connectivity index (χ2n) is 10.1. The maximum absolute atomic E-state index is 13.7. The van der Waals surface area contributed by atoms with Crippen LogP contribution in [0.25, 0.3) is 0 Å². The Morgan fingerprint density at radius 2 is 1.67 bits per heavy atom. The molecule has 1 unspecified atom stereocenters. The number of amides is 1. The van der Waals surface area contributed by atoms with Gasteiger partial charge in [-0.25, -0.2) is 22.7 Å². The van der Waals surface area contributed by atoms with Crippen LogP contribution in [0.2, 0.25) is 0 Å². The number of carbonyl (C=O) groups is 1. The summed E-state index contributed by atoms with van der Waals surface area (Å²) in [7, 11) is -4.06. The van der Waals surface area contributed by atoms with Crippen LogP contribution in [0.3, 0.4) is 0 Å². The van der Waals surface area contributed by atoms with E-state index in [1.54, 1.807) is 17.6 Å². The summed E-state index contributed by atoms with van der Waals surface area (Å²) in [6, 6.07) is 6.24. The van der Waals surface area contributed by atoms with Gasteiger partial charge >= 0.3 is 0 Å². The fourth-order valence-corrected chi connectivity index (χ4v) is 7.93. The zero-order chi connectivity index (χ0) is 23.7. The van der Waals surface area contributed by atoms with E-state index in [4.69, 9.17) is 0 Å². The first-order valence-corrected chi connectivity index (χ1v) is 13.2. The third-order valence-electron chi connectivity index (χ3n) is 8.01. The summed E-state index contributed by atoms with van der Waals surface area (Å²) >= 11 is 0. The molecule has 3 fully saturated rings. The molecule has 1 spiro atoms. The third-order valence-corrected chi connectivity index (χ3v) is 10.5. The molecule has 33 heavy (non-hydrogen) atoms. The van der Waals surface area contributed by atoms with Gasteiger partial charge in [0.2, 0.25) is 5.92 Å². The number of halogens is 2. The van der Waals surface area contributed by atoms with Crippen molar-refractivity contribution in [1.82, 2.24) is 10.8 Å². The molecular weight excluding hydrogens is 452 g/mol. The summed E-state index contributed by atoms with van der Waals surface area (Å²) in [5.74, 6) is -3.27. The van der Waals surface area contributed by atoms with Crippen LogP contribution in [0.5, 0.6) is 0 Å². The molecule has 1 aromatic rings. The van der Waals surface area contributed by atoms with Crippen molar-refractivity contribution in [1.29, 1.82) is 0 Å². The predicted octanol–water partition coefficient (Wildman–Crippen LogP) is 3.50. The van der Waals surface area contributed by atoms with Crippen LogP contribution in [0.4, 0.5) is 14.5 Å². The van der Waals surface area contributed by atoms with E-state index >= 15 is 0 Å². The molecule has 3 aliphatic rings. The monoisotopic (exact) mass is 485 g/mol. The number of piperidine rings is 1. The Balaban J connectivity index is 1.48. The van der Waals surface area contributed by atoms with E-state index in [9.17, 15) is 27.2 Å². The normalized spacial score (nSPS) is 27.4. The number of alkyl halides is 2. The van der Waals surface area contributed by atoms with Crippen molar-refractivity contribution in [2.45, 2.75) is 73.4 Å². The largest absolute Gasteiger partial charge is 0.385 e. The summed E-state index contributed by atoms with van der Waals surface area (Å²) in [6.45, 7) is 2.13. The molecule has 1 atom stereocenters. The third kappa shape index (κ3) is 4.74. The molecule has 0 aromatic heterocycles. The molecule has 0 radical (unpaired) electrons. The van der Waals surface area contributed by atoms with Crippen molar-refractivity contribution in [3.8, 4) is 0 Å². The molecule has 0 bridgehead atoms. The second-order valence-corrected chi connectivity index (χ2v) is 12.3. The summed E-state index contributed by atoms with van der Waals surface area (Å²) < 4.78 is 52.3. The standard InChI is InChI=1S/C23H33F2N3O4S/c24-23(25)7-5-17(6-8-23)15-27-18-1-3-19(4-2-18)33(31,32)22(20(29)28-30)10-9-21(16-22)11-13-26-14-12-21/h1-4,17,26-27,30H,5-16H2,(H,28,29). The van der Waals surface area contributed by atoms with Crippen LogP contribution in [-0.2, 0) is 14.6 Å². The van der Waals surface area contributed by atoms with E-state index in [0.29, 0.717) is 31.5 Å². The first kappa shape index (κ1) is 24.3. The molecule has 4 N–H and O–H groups in total. The molecule has 1 heterocycles. The van der Waals surface area contributed by atoms with E-state index in [0.717, 1.165) is 25.9 Å². The number of hydroxylamine groups is 1. The first-order chi connectivity index (χ1) is 15.6. The Hall–Kier alpha value is -1.78. The van der Waals surface area contributed by atoms with E-state index in [2.05, 4.69) is 10.6 Å². The summed E-state index contributed by atoms with van der Waals surface area (Å²) in [6.07, 6.45) is 3.34. The number of benzene rings is 1. The molecule has 1 saturated heterocycles. The molecule has 1 aromatic carbocycles. The van der Waals surface area contributed by atoms with Gasteiger partial charge in [0.1, 0.15) is 0 Å². The Kier molecular flexibility index (Phi) is 6.72. The van der Waals surface area contributed by atoms with E-state index < -0.39 is 26.4 Å². The molecule has 7 nitrogen and oxygen atoms in total. The number of hydrogen-bond acceptors (Lipinski definition) is 6. The van der Waals surface area contributed by atoms with Gasteiger partial charge in [0.25, 0.3) is 5.91 Å². The maximum atomic E-state index is 13.7. The lowest BCUT2D eigenvalue weighted by atomic mass is 9.77. The van der Waals surface area contributed by atoms with Crippen molar-refractivity contribution in [2.75, 3.05) is 25.0 Å². The van der Waals surface area contributed by atoms with Crippen molar-refractivity contribution < 1.29 is 27.2 Å². The van der Waals surface area contributed by atoms with Gasteiger partial charge in [-0.3, -0.25) is 10.0 Å². The highest BCUT2D eigenvalue weighted by Crippen LogP contribution is 2.54. The second kappa shape index (κ2) is 9.11. The number of anilines is 1. The average Bonchev–Trinajstić information content (AvgIpc) is 3.19. The van der Waals surface area contributed by atoms with Crippen molar-refractivity contribution in [3.63, 3.8) is 0 Å². The molecule has 184 valence electrons. The maximum Gasteiger partial charge on any atom is 0.265 e. The topological polar surface area (TPSA) is 108 Å². The number of hydrogen-bond donors (Lipinski definition) is 4. The molecule has 1 aliphatic heterocycles. The van der Waals surface area contributed by atoms with Crippen LogP contribution in [0.15, 0.2) is 29.2 Å². The predicted molar refractivity (Wildman–Crippen MR) is 120 cm³/mol. The molecule has 4 rings (SSSR count). The summed E-state index contributed by atoms with van der Waals surface area (Å²) in [5, 5.41) is 15.9. The van der Waals surface area contributed by atoms with Crippen molar-refractivity contribution in [2.24, 2.45) is 11.3 Å². The van der Waals surface area contributed by atoms with Crippen LogP contribution in [0, 0.1) is 11.3 Å². The fourth-order valence-electron chi connectivity index (χ4n) is 5.82. The Bertz CT molecular complexity index is 954. The molecular formula is C23H33F2N3O4S. The van der Waals surface area contributed by atoms with Gasteiger partial charge in [-0.2, -0.15) is 0 Å². The minimum absolute atomic E-state index is 0.0416. The zero-order valence-electron chi connectivity index (χ0n) is 18.7. The van der Waals surface area contributed by atoms with Crippen LogP contribution >= 0.6 is 0 Å². The lowest BCUT2D eigenvalue weighted by Crippen LogP contribution is -2.51. The van der Waals surface area contributed by atoms with Gasteiger partial charge < -0.3 is 10.6 Å². The van der Waals surface area contributed by atoms with E-state index in [-0.39, 0.29) is 41.9 Å². The van der Waals surface area contributed by atoms with Crippen LogP contribution < -0.4 is 16.1 Å². The van der Waals surface area contributed by atoms with Gasteiger partial charge in [0.15, 0.2) is 14.6 Å². The Morgan fingerprint density at radius 3 is 2.27 bits per heavy atom. The van der Waals surface area contributed by atoms with Crippen molar-refractivity contribution in [3.05, 3.63) is 24.3 Å². The quantitative estimate of drug-likeness (QED) is 0.363. The number of nitrogens with one attached hydrogen (secondary N) is 3. The van der Waals surface area contributed by atoms with Gasteiger partial charge in [0.05, 0.1) is 4.90 Å². The van der Waals surface area contributed by atoms with E-state index in [1.807, 2.05) is 0 Å². The SMILES string of the molecule is O=C(NO)C1(S(=O)(=O)c2ccc(NCC3CCC(F)(F)CC3)cc2)CCC2(CCNCC2)C1. The molecule has 2 aliphatic carbocycles.